The third kappa shape index (κ3) is 27.2. The SMILES string of the molecule is CC(=O)CC(=O)O.CCCC. The molecular weight excluding hydrogens is 144 g/mol. The molecule has 0 rings (SSSR count). The lowest BCUT2D eigenvalue weighted by Gasteiger charge is -1.80. The van der Waals surface area contributed by atoms with Crippen LogP contribution in [-0.2, 0) is 9.59 Å². The van der Waals surface area contributed by atoms with Crippen LogP contribution in [0.25, 0.3) is 0 Å². The van der Waals surface area contributed by atoms with E-state index in [1.165, 1.54) is 19.8 Å². The number of Topliss-reactive ketones (excluding diaryl/α,β-unsaturated/α-hetero) is 1. The van der Waals surface area contributed by atoms with E-state index in [0.717, 1.165) is 0 Å². The molecule has 0 aliphatic rings. The molecule has 66 valence electrons. The van der Waals surface area contributed by atoms with Crippen LogP contribution >= 0.6 is 0 Å². The molecule has 0 radical (unpaired) electrons. The van der Waals surface area contributed by atoms with Crippen molar-refractivity contribution in [2.45, 2.75) is 40.0 Å². The number of carboxylic acids is 1. The summed E-state index contributed by atoms with van der Waals surface area (Å²) in [6.45, 7) is 5.61. The van der Waals surface area contributed by atoms with E-state index in [-0.39, 0.29) is 12.2 Å². The molecule has 0 amide bonds. The van der Waals surface area contributed by atoms with Crippen molar-refractivity contribution in [3.05, 3.63) is 0 Å². The van der Waals surface area contributed by atoms with Crippen molar-refractivity contribution < 1.29 is 14.7 Å². The van der Waals surface area contributed by atoms with Gasteiger partial charge in [0.1, 0.15) is 12.2 Å². The van der Waals surface area contributed by atoms with Crippen molar-refractivity contribution in [1.29, 1.82) is 0 Å². The molecular formula is C8H16O3. The third-order valence-electron chi connectivity index (χ3n) is 0.900. The molecule has 0 aliphatic heterocycles. The predicted octanol–water partition coefficient (Wildman–Crippen LogP) is 1.86. The first-order valence-corrected chi connectivity index (χ1v) is 3.75. The quantitative estimate of drug-likeness (QED) is 0.641. The molecule has 0 bridgehead atoms. The van der Waals surface area contributed by atoms with Crippen LogP contribution in [0.5, 0.6) is 0 Å². The predicted molar refractivity (Wildman–Crippen MR) is 43.5 cm³/mol. The fraction of sp³-hybridized carbons (Fsp3) is 0.750. The Morgan fingerprint density at radius 3 is 1.55 bits per heavy atom. The van der Waals surface area contributed by atoms with Gasteiger partial charge in [0.2, 0.25) is 0 Å². The van der Waals surface area contributed by atoms with Crippen molar-refractivity contribution in [3.8, 4) is 0 Å². The van der Waals surface area contributed by atoms with Crippen LogP contribution in [0.2, 0.25) is 0 Å². The Balaban J connectivity index is 0. The van der Waals surface area contributed by atoms with E-state index in [1.54, 1.807) is 0 Å². The highest BCUT2D eigenvalue weighted by atomic mass is 16.4. The summed E-state index contributed by atoms with van der Waals surface area (Å²) in [6, 6.07) is 0. The molecule has 0 unspecified atom stereocenters. The second kappa shape index (κ2) is 9.14. The number of hydrogen-bond acceptors (Lipinski definition) is 2. The smallest absolute Gasteiger partial charge is 0.310 e. The molecule has 0 spiro atoms. The molecule has 0 aromatic rings. The van der Waals surface area contributed by atoms with Crippen LogP contribution in [0.4, 0.5) is 0 Å². The van der Waals surface area contributed by atoms with Crippen LogP contribution < -0.4 is 0 Å². The third-order valence-corrected chi connectivity index (χ3v) is 0.900. The van der Waals surface area contributed by atoms with Gasteiger partial charge < -0.3 is 5.11 Å². The maximum Gasteiger partial charge on any atom is 0.310 e. The highest BCUT2D eigenvalue weighted by Crippen LogP contribution is 1.77. The molecule has 0 atom stereocenters. The van der Waals surface area contributed by atoms with Crippen LogP contribution in [-0.4, -0.2) is 16.9 Å². The summed E-state index contributed by atoms with van der Waals surface area (Å²) in [5.74, 6) is -1.37. The number of carbonyl (C=O) groups is 2. The summed E-state index contributed by atoms with van der Waals surface area (Å²) in [7, 11) is 0. The molecule has 0 saturated heterocycles. The Morgan fingerprint density at radius 1 is 1.18 bits per heavy atom. The van der Waals surface area contributed by atoms with Gasteiger partial charge in [-0.2, -0.15) is 0 Å². The van der Waals surface area contributed by atoms with E-state index in [1.807, 2.05) is 0 Å². The summed E-state index contributed by atoms with van der Waals surface area (Å²) >= 11 is 0. The second-order valence-corrected chi connectivity index (χ2v) is 2.27. The van der Waals surface area contributed by atoms with Gasteiger partial charge in [-0.15, -0.1) is 0 Å². The molecule has 0 aromatic carbocycles. The highest BCUT2D eigenvalue weighted by Gasteiger charge is 1.98. The van der Waals surface area contributed by atoms with Gasteiger partial charge >= 0.3 is 5.97 Å². The number of carbonyl (C=O) groups excluding carboxylic acids is 1. The molecule has 3 nitrogen and oxygen atoms in total. The van der Waals surface area contributed by atoms with E-state index in [4.69, 9.17) is 5.11 Å². The Labute approximate surface area is 67.4 Å². The molecule has 0 saturated carbocycles. The zero-order valence-corrected chi connectivity index (χ0v) is 7.39. The van der Waals surface area contributed by atoms with Gasteiger partial charge in [0.25, 0.3) is 0 Å². The average Bonchev–Trinajstić information content (AvgIpc) is 1.85. The molecule has 11 heavy (non-hydrogen) atoms. The number of ketones is 1. The first-order chi connectivity index (χ1) is 5.04. The summed E-state index contributed by atoms with van der Waals surface area (Å²) in [4.78, 5) is 19.5. The molecule has 0 aromatic heterocycles. The van der Waals surface area contributed by atoms with Crippen LogP contribution in [0.1, 0.15) is 40.0 Å². The minimum atomic E-state index is -1.06. The average molecular weight is 160 g/mol. The second-order valence-electron chi connectivity index (χ2n) is 2.27. The Morgan fingerprint density at radius 2 is 1.55 bits per heavy atom. The first kappa shape index (κ1) is 12.8. The zero-order valence-electron chi connectivity index (χ0n) is 7.39. The summed E-state index contributed by atoms with van der Waals surface area (Å²) < 4.78 is 0. The van der Waals surface area contributed by atoms with Crippen LogP contribution in [0, 0.1) is 0 Å². The first-order valence-electron chi connectivity index (χ1n) is 3.75. The van der Waals surface area contributed by atoms with Crippen LogP contribution in [0.15, 0.2) is 0 Å². The zero-order chi connectivity index (χ0) is 9.28. The lowest BCUT2D eigenvalue weighted by atomic mass is 10.3. The number of rotatable bonds is 3. The molecule has 1 N–H and O–H groups in total. The van der Waals surface area contributed by atoms with E-state index in [0.29, 0.717) is 0 Å². The monoisotopic (exact) mass is 160 g/mol. The van der Waals surface area contributed by atoms with Crippen molar-refractivity contribution >= 4 is 11.8 Å². The Hall–Kier alpha value is -0.860. The highest BCUT2D eigenvalue weighted by molar-refractivity contribution is 5.93. The molecule has 0 fully saturated rings. The summed E-state index contributed by atoms with van der Waals surface area (Å²) in [5.41, 5.74) is 0. The van der Waals surface area contributed by atoms with Gasteiger partial charge in [0.05, 0.1) is 0 Å². The topological polar surface area (TPSA) is 54.4 Å². The molecule has 0 heterocycles. The van der Waals surface area contributed by atoms with E-state index < -0.39 is 5.97 Å². The van der Waals surface area contributed by atoms with Crippen LogP contribution in [0.3, 0.4) is 0 Å². The van der Waals surface area contributed by atoms with Gasteiger partial charge in [-0.05, 0) is 6.92 Å². The minimum Gasteiger partial charge on any atom is -0.481 e. The van der Waals surface area contributed by atoms with Crippen molar-refractivity contribution in [2.24, 2.45) is 0 Å². The lowest BCUT2D eigenvalue weighted by Crippen LogP contribution is -2.00. The summed E-state index contributed by atoms with van der Waals surface area (Å²) in [5, 5.41) is 7.86. The molecule has 3 heteroatoms. The van der Waals surface area contributed by atoms with Gasteiger partial charge in [-0.25, -0.2) is 0 Å². The number of aliphatic carboxylic acids is 1. The minimum absolute atomic E-state index is 0.312. The van der Waals surface area contributed by atoms with Crippen molar-refractivity contribution in [2.75, 3.05) is 0 Å². The van der Waals surface area contributed by atoms with Crippen molar-refractivity contribution in [3.63, 3.8) is 0 Å². The standard InChI is InChI=1S/C4H6O3.C4H10/c1-3(5)2-4(6)7;1-3-4-2/h2H2,1H3,(H,6,7);3-4H2,1-2H3. The van der Waals surface area contributed by atoms with Gasteiger partial charge in [0, 0.05) is 0 Å². The van der Waals surface area contributed by atoms with Gasteiger partial charge in [-0.3, -0.25) is 9.59 Å². The maximum absolute atomic E-state index is 9.87. The van der Waals surface area contributed by atoms with E-state index in [9.17, 15) is 9.59 Å². The number of unbranched alkanes of at least 4 members (excludes halogenated alkanes) is 1. The van der Waals surface area contributed by atoms with Gasteiger partial charge in [0.15, 0.2) is 0 Å². The number of carboxylic acid groups (broad SMARTS) is 1. The van der Waals surface area contributed by atoms with E-state index in [2.05, 4.69) is 13.8 Å². The molecule has 0 aliphatic carbocycles. The fourth-order valence-corrected chi connectivity index (χ4v) is 0.213. The normalized spacial score (nSPS) is 7.91. The summed E-state index contributed by atoms with van der Waals surface area (Å²) in [6.07, 6.45) is 2.28. The Kier molecular flexibility index (Phi) is 10.6. The lowest BCUT2D eigenvalue weighted by molar-refractivity contribution is -0.139. The Bertz CT molecular complexity index is 105. The van der Waals surface area contributed by atoms with E-state index >= 15 is 0 Å². The fourth-order valence-electron chi connectivity index (χ4n) is 0.213. The van der Waals surface area contributed by atoms with Gasteiger partial charge in [-0.1, -0.05) is 26.7 Å². The number of hydrogen-bond donors (Lipinski definition) is 1. The maximum atomic E-state index is 9.87. The van der Waals surface area contributed by atoms with Crippen molar-refractivity contribution in [1.82, 2.24) is 0 Å². The largest absolute Gasteiger partial charge is 0.481 e.